The molecule has 0 saturated carbocycles. The largest absolute Gasteiger partial charge is 0.285 e. The summed E-state index contributed by atoms with van der Waals surface area (Å²) in [5, 5.41) is 0. The molecule has 0 bridgehead atoms. The number of allylic oxidation sites excluding steroid dienone is 4. The molecule has 2 nitrogen and oxygen atoms in total. The molecule has 0 unspecified atom stereocenters. The molecular formula is C14H12O2. The van der Waals surface area contributed by atoms with Crippen LogP contribution in [-0.2, 0) is 4.79 Å². The van der Waals surface area contributed by atoms with Gasteiger partial charge in [-0.15, -0.1) is 0 Å². The van der Waals surface area contributed by atoms with Gasteiger partial charge in [-0.1, -0.05) is 48.6 Å². The molecule has 2 rings (SSSR count). The summed E-state index contributed by atoms with van der Waals surface area (Å²) in [6, 6.07) is 8.67. The predicted octanol–water partition coefficient (Wildman–Crippen LogP) is 2.71. The lowest BCUT2D eigenvalue weighted by Gasteiger charge is -2.06. The van der Waals surface area contributed by atoms with E-state index < -0.39 is 5.78 Å². The van der Waals surface area contributed by atoms with Gasteiger partial charge in [-0.3, -0.25) is 9.59 Å². The highest BCUT2D eigenvalue weighted by Gasteiger charge is 2.20. The molecule has 0 aromatic heterocycles. The van der Waals surface area contributed by atoms with E-state index in [-0.39, 0.29) is 5.78 Å². The number of hydrogen-bond acceptors (Lipinski definition) is 2. The smallest absolute Gasteiger partial charge is 0.233 e. The summed E-state index contributed by atoms with van der Waals surface area (Å²) in [4.78, 5) is 23.7. The second-order valence-electron chi connectivity index (χ2n) is 3.68. The Morgan fingerprint density at radius 1 is 1.00 bits per heavy atom. The zero-order valence-electron chi connectivity index (χ0n) is 8.85. The summed E-state index contributed by atoms with van der Waals surface area (Å²) in [7, 11) is 0. The Bertz CT molecular complexity index is 467. The van der Waals surface area contributed by atoms with Crippen molar-refractivity contribution in [1.82, 2.24) is 0 Å². The van der Waals surface area contributed by atoms with Crippen molar-refractivity contribution in [3.8, 4) is 0 Å². The van der Waals surface area contributed by atoms with Crippen molar-refractivity contribution in [3.05, 3.63) is 59.7 Å². The average Bonchev–Trinajstić information content (AvgIpc) is 2.39. The Balaban J connectivity index is 2.20. The van der Waals surface area contributed by atoms with Crippen LogP contribution in [0.25, 0.3) is 0 Å². The van der Waals surface area contributed by atoms with Crippen molar-refractivity contribution in [3.63, 3.8) is 0 Å². The lowest BCUT2D eigenvalue weighted by molar-refractivity contribution is -0.112. The summed E-state index contributed by atoms with van der Waals surface area (Å²) < 4.78 is 0. The van der Waals surface area contributed by atoms with Crippen LogP contribution in [0.1, 0.15) is 23.2 Å². The van der Waals surface area contributed by atoms with E-state index in [9.17, 15) is 9.59 Å². The van der Waals surface area contributed by atoms with Crippen LogP contribution in [-0.4, -0.2) is 11.6 Å². The summed E-state index contributed by atoms with van der Waals surface area (Å²) in [6.45, 7) is 0. The lowest BCUT2D eigenvalue weighted by Crippen LogP contribution is -2.17. The Morgan fingerprint density at radius 3 is 2.38 bits per heavy atom. The molecule has 0 amide bonds. The van der Waals surface area contributed by atoms with Gasteiger partial charge >= 0.3 is 0 Å². The van der Waals surface area contributed by atoms with Gasteiger partial charge in [0.25, 0.3) is 0 Å². The maximum absolute atomic E-state index is 11.8. The second kappa shape index (κ2) is 4.71. The summed E-state index contributed by atoms with van der Waals surface area (Å²) in [5.41, 5.74) is 1.07. The molecule has 0 heterocycles. The van der Waals surface area contributed by atoms with Gasteiger partial charge in [-0.2, -0.15) is 0 Å². The maximum Gasteiger partial charge on any atom is 0.233 e. The number of rotatable bonds is 3. The first kappa shape index (κ1) is 10.6. The van der Waals surface area contributed by atoms with Crippen molar-refractivity contribution in [1.29, 1.82) is 0 Å². The summed E-state index contributed by atoms with van der Waals surface area (Å²) >= 11 is 0. The minimum Gasteiger partial charge on any atom is -0.285 e. The first-order valence-electron chi connectivity index (χ1n) is 5.29. The van der Waals surface area contributed by atoms with E-state index in [1.54, 1.807) is 30.3 Å². The van der Waals surface area contributed by atoms with Gasteiger partial charge in [0, 0.05) is 11.1 Å². The molecule has 0 fully saturated rings. The third-order valence-corrected chi connectivity index (χ3v) is 2.55. The molecule has 1 aliphatic carbocycles. The van der Waals surface area contributed by atoms with Crippen molar-refractivity contribution in [2.75, 3.05) is 0 Å². The standard InChI is InChI=1S/C14H12O2/c15-13(11-7-3-1-4-8-11)14(16)12-9-5-2-6-10-12/h1-5,7-9H,6,10H2. The number of carbonyl (C=O) groups is 2. The fraction of sp³-hybridized carbons (Fsp3) is 0.143. The van der Waals surface area contributed by atoms with Crippen molar-refractivity contribution >= 4 is 11.6 Å². The molecule has 80 valence electrons. The number of ketones is 2. The normalized spacial score (nSPS) is 14.4. The van der Waals surface area contributed by atoms with Gasteiger partial charge in [0.15, 0.2) is 0 Å². The van der Waals surface area contributed by atoms with Crippen LogP contribution in [0.4, 0.5) is 0 Å². The first-order valence-corrected chi connectivity index (χ1v) is 5.29. The topological polar surface area (TPSA) is 34.1 Å². The molecule has 0 radical (unpaired) electrons. The summed E-state index contributed by atoms with van der Waals surface area (Å²) in [6.07, 6.45) is 7.04. The van der Waals surface area contributed by atoms with Crippen LogP contribution >= 0.6 is 0 Å². The molecule has 1 aliphatic rings. The van der Waals surface area contributed by atoms with Gasteiger partial charge in [0.1, 0.15) is 0 Å². The van der Waals surface area contributed by atoms with Crippen LogP contribution in [0.3, 0.4) is 0 Å². The Hall–Kier alpha value is -1.96. The minimum absolute atomic E-state index is 0.379. The van der Waals surface area contributed by atoms with Crippen LogP contribution < -0.4 is 0 Å². The van der Waals surface area contributed by atoms with Crippen LogP contribution in [0, 0.1) is 0 Å². The number of benzene rings is 1. The molecule has 0 spiro atoms. The highest BCUT2D eigenvalue weighted by atomic mass is 16.2. The van der Waals surface area contributed by atoms with Gasteiger partial charge in [-0.05, 0) is 12.8 Å². The summed E-state index contributed by atoms with van der Waals surface area (Å²) in [5.74, 6) is -0.794. The monoisotopic (exact) mass is 212 g/mol. The van der Waals surface area contributed by atoms with Crippen molar-refractivity contribution in [2.24, 2.45) is 0 Å². The SMILES string of the molecule is O=C(C(=O)c1ccccc1)C1=CC=CCC1. The van der Waals surface area contributed by atoms with Crippen LogP contribution in [0.5, 0.6) is 0 Å². The van der Waals surface area contributed by atoms with E-state index >= 15 is 0 Å². The number of hydrogen-bond donors (Lipinski definition) is 0. The van der Waals surface area contributed by atoms with Crippen molar-refractivity contribution in [2.45, 2.75) is 12.8 Å². The van der Waals surface area contributed by atoms with E-state index in [2.05, 4.69) is 0 Å². The van der Waals surface area contributed by atoms with E-state index in [0.29, 0.717) is 17.6 Å². The van der Waals surface area contributed by atoms with E-state index in [1.807, 2.05) is 18.2 Å². The third-order valence-electron chi connectivity index (χ3n) is 2.55. The van der Waals surface area contributed by atoms with Crippen LogP contribution in [0.15, 0.2) is 54.1 Å². The van der Waals surface area contributed by atoms with E-state index in [4.69, 9.17) is 0 Å². The molecule has 0 aliphatic heterocycles. The fourth-order valence-electron chi connectivity index (χ4n) is 1.66. The van der Waals surface area contributed by atoms with Crippen LogP contribution in [0.2, 0.25) is 0 Å². The zero-order chi connectivity index (χ0) is 11.4. The predicted molar refractivity (Wildman–Crippen MR) is 62.2 cm³/mol. The highest BCUT2D eigenvalue weighted by molar-refractivity contribution is 6.49. The Morgan fingerprint density at radius 2 is 1.75 bits per heavy atom. The minimum atomic E-state index is -0.415. The quantitative estimate of drug-likeness (QED) is 0.570. The molecular weight excluding hydrogens is 200 g/mol. The Kier molecular flexibility index (Phi) is 3.10. The number of carbonyl (C=O) groups excluding carboxylic acids is 2. The third kappa shape index (κ3) is 2.16. The highest BCUT2D eigenvalue weighted by Crippen LogP contribution is 2.15. The van der Waals surface area contributed by atoms with E-state index in [0.717, 1.165) is 6.42 Å². The van der Waals surface area contributed by atoms with E-state index in [1.165, 1.54) is 0 Å². The fourth-order valence-corrected chi connectivity index (χ4v) is 1.66. The van der Waals surface area contributed by atoms with Gasteiger partial charge < -0.3 is 0 Å². The van der Waals surface area contributed by atoms with Gasteiger partial charge in [0.05, 0.1) is 0 Å². The van der Waals surface area contributed by atoms with Gasteiger partial charge in [0.2, 0.25) is 11.6 Å². The molecule has 16 heavy (non-hydrogen) atoms. The molecule has 2 heteroatoms. The first-order chi connectivity index (χ1) is 7.79. The number of Topliss-reactive ketones (excluding diaryl/α,β-unsaturated/α-hetero) is 2. The molecule has 0 saturated heterocycles. The molecule has 1 aromatic rings. The maximum atomic E-state index is 11.8. The van der Waals surface area contributed by atoms with Crippen molar-refractivity contribution < 1.29 is 9.59 Å². The Labute approximate surface area is 94.3 Å². The zero-order valence-corrected chi connectivity index (χ0v) is 8.85. The molecule has 0 N–H and O–H groups in total. The van der Waals surface area contributed by atoms with Gasteiger partial charge in [-0.25, -0.2) is 0 Å². The average molecular weight is 212 g/mol. The molecule has 0 atom stereocenters. The second-order valence-corrected chi connectivity index (χ2v) is 3.68. The molecule has 1 aromatic carbocycles. The lowest BCUT2D eigenvalue weighted by atomic mass is 9.96.